The van der Waals surface area contributed by atoms with E-state index in [0.717, 1.165) is 145 Å². The van der Waals surface area contributed by atoms with Crippen molar-refractivity contribution in [2.45, 2.75) is 95.4 Å². The van der Waals surface area contributed by atoms with Crippen molar-refractivity contribution < 1.29 is 26.3 Å². The summed E-state index contributed by atoms with van der Waals surface area (Å²) in [5.41, 5.74) is 20.1. The highest BCUT2D eigenvalue weighted by molar-refractivity contribution is 6.14. The molecule has 0 amide bonds. The van der Waals surface area contributed by atoms with Crippen LogP contribution >= 0.6 is 0 Å². The Hall–Kier alpha value is -9.13. The average molecular weight is 1120 g/mol. The summed E-state index contributed by atoms with van der Waals surface area (Å²) in [6.45, 7) is 24.7. The van der Waals surface area contributed by atoms with Crippen molar-refractivity contribution >= 4 is 43.6 Å². The smallest absolute Gasteiger partial charge is 0.308 e. The lowest BCUT2D eigenvalue weighted by Crippen LogP contribution is -2.12. The number of rotatable bonds is 7. The molecular formula is C75H61F6N3. The third kappa shape index (κ3) is 9.33. The standard InChI is InChI=1S/C75H61F6N3/c1-39-21-43(5)69(44(6)22-39)52-13-17-59-60-18-14-53(70-45(7)23-40(2)24-46(70)8)34-64(60)83(63(59)33-52)67-29-51(38-82)30-68(73(67)56-31-57(74(76,77)78)37-58(32-56)75(79,80)81)84-65-35-54(71-47(9)25-41(3)26-48(71)10)15-19-61(65)62-20-16-55(36-66(62)84)72-49(11)27-42(4)28-50(72)12/h13-37H,1-12H3. The number of aromatic nitrogens is 2. The van der Waals surface area contributed by atoms with Crippen molar-refractivity contribution in [3.63, 3.8) is 0 Å². The number of fused-ring (bicyclic) bond motifs is 6. The molecule has 2 aromatic heterocycles. The Morgan fingerprint density at radius 1 is 0.298 bits per heavy atom. The highest BCUT2D eigenvalue weighted by Gasteiger charge is 2.38. The summed E-state index contributed by atoms with van der Waals surface area (Å²) < 4.78 is 97.0. The third-order valence-corrected chi connectivity index (χ3v) is 17.0. The summed E-state index contributed by atoms with van der Waals surface area (Å²) in [5.74, 6) is 0. The summed E-state index contributed by atoms with van der Waals surface area (Å²) >= 11 is 0. The normalized spacial score (nSPS) is 12.2. The van der Waals surface area contributed by atoms with Gasteiger partial charge in [-0.25, -0.2) is 0 Å². The summed E-state index contributed by atoms with van der Waals surface area (Å²) in [5, 5.41) is 14.6. The van der Waals surface area contributed by atoms with E-state index in [1.165, 1.54) is 0 Å². The fourth-order valence-corrected chi connectivity index (χ4v) is 14.1. The lowest BCUT2D eigenvalue weighted by atomic mass is 9.92. The zero-order valence-electron chi connectivity index (χ0n) is 49.0. The third-order valence-electron chi connectivity index (χ3n) is 17.0. The summed E-state index contributed by atoms with van der Waals surface area (Å²) in [6.07, 6.45) is -10.4. The largest absolute Gasteiger partial charge is 0.416 e. The lowest BCUT2D eigenvalue weighted by Gasteiger charge is -2.23. The minimum absolute atomic E-state index is 0.0607. The van der Waals surface area contributed by atoms with Gasteiger partial charge in [0.15, 0.2) is 0 Å². The molecule has 0 N–H and O–H groups in total. The Labute approximate surface area is 485 Å². The Morgan fingerprint density at radius 2 is 0.548 bits per heavy atom. The van der Waals surface area contributed by atoms with Crippen LogP contribution in [0.2, 0.25) is 0 Å². The van der Waals surface area contributed by atoms with Gasteiger partial charge in [0.25, 0.3) is 0 Å². The maximum Gasteiger partial charge on any atom is 0.416 e. The van der Waals surface area contributed by atoms with Crippen LogP contribution in [0.15, 0.2) is 152 Å². The van der Waals surface area contributed by atoms with Crippen molar-refractivity contribution in [1.82, 2.24) is 9.13 Å². The average Bonchev–Trinajstić information content (AvgIpc) is 1.60. The second-order valence-electron chi connectivity index (χ2n) is 23.5. The van der Waals surface area contributed by atoms with Crippen LogP contribution in [-0.4, -0.2) is 9.13 Å². The molecule has 0 saturated heterocycles. The molecule has 9 heteroatoms. The number of hydrogen-bond donors (Lipinski definition) is 0. The van der Waals surface area contributed by atoms with Gasteiger partial charge in [-0.15, -0.1) is 0 Å². The van der Waals surface area contributed by atoms with Crippen LogP contribution in [0.25, 0.3) is 111 Å². The molecule has 0 saturated carbocycles. The SMILES string of the molecule is Cc1cc(C)c(-c2ccc3c4ccc(-c5c(C)cc(C)cc5C)cc4n(-c4cc(C#N)cc(-n5c6cc(-c7c(C)cc(C)cc7C)ccc6c6ccc(-c7c(C)cc(C)cc7C)cc65)c4-c4cc(C(F)(F)F)cc(C(F)(F)F)c4)c3c2)c(C)c1. The van der Waals surface area contributed by atoms with Gasteiger partial charge < -0.3 is 9.13 Å². The number of hydrogen-bond acceptors (Lipinski definition) is 1. The van der Waals surface area contributed by atoms with Gasteiger partial charge >= 0.3 is 12.4 Å². The highest BCUT2D eigenvalue weighted by Crippen LogP contribution is 2.49. The fraction of sp³-hybridized carbons (Fsp3) is 0.187. The summed E-state index contributed by atoms with van der Waals surface area (Å²) in [6, 6.07) is 49.2. The van der Waals surface area contributed by atoms with Gasteiger partial charge in [0.05, 0.1) is 56.2 Å². The molecule has 0 spiro atoms. The highest BCUT2D eigenvalue weighted by atomic mass is 19.4. The first-order valence-corrected chi connectivity index (χ1v) is 28.2. The zero-order valence-corrected chi connectivity index (χ0v) is 49.0. The Kier molecular flexibility index (Phi) is 13.2. The van der Waals surface area contributed by atoms with Gasteiger partial charge in [0, 0.05) is 27.1 Å². The Morgan fingerprint density at radius 3 is 0.774 bits per heavy atom. The van der Waals surface area contributed by atoms with E-state index in [1.54, 1.807) is 12.1 Å². The van der Waals surface area contributed by atoms with Gasteiger partial charge in [0.2, 0.25) is 0 Å². The molecule has 0 atom stereocenters. The molecule has 3 nitrogen and oxygen atoms in total. The maximum absolute atomic E-state index is 15.5. The first-order valence-electron chi connectivity index (χ1n) is 28.2. The van der Waals surface area contributed by atoms with E-state index in [4.69, 9.17) is 0 Å². The van der Waals surface area contributed by atoms with Crippen LogP contribution in [0.5, 0.6) is 0 Å². The van der Waals surface area contributed by atoms with E-state index in [-0.39, 0.29) is 34.1 Å². The molecule has 418 valence electrons. The first kappa shape index (κ1) is 55.4. The van der Waals surface area contributed by atoms with E-state index < -0.39 is 23.5 Å². The number of alkyl halides is 6. The zero-order chi connectivity index (χ0) is 59.7. The summed E-state index contributed by atoms with van der Waals surface area (Å²) in [7, 11) is 0. The van der Waals surface area contributed by atoms with Crippen molar-refractivity contribution in [3.8, 4) is 73.1 Å². The molecule has 12 rings (SSSR count). The lowest BCUT2D eigenvalue weighted by molar-refractivity contribution is -0.143. The van der Waals surface area contributed by atoms with Crippen LogP contribution in [-0.2, 0) is 12.4 Å². The van der Waals surface area contributed by atoms with Crippen LogP contribution in [0.1, 0.15) is 83.5 Å². The van der Waals surface area contributed by atoms with Crippen LogP contribution in [0.4, 0.5) is 26.3 Å². The van der Waals surface area contributed by atoms with E-state index >= 15 is 26.3 Å². The topological polar surface area (TPSA) is 33.6 Å². The predicted molar refractivity (Wildman–Crippen MR) is 334 cm³/mol. The van der Waals surface area contributed by atoms with Crippen molar-refractivity contribution in [2.75, 3.05) is 0 Å². The quantitative estimate of drug-likeness (QED) is 0.146. The molecule has 0 bridgehead atoms. The van der Waals surface area contributed by atoms with Gasteiger partial charge in [-0.3, -0.25) is 0 Å². The maximum atomic E-state index is 15.5. The molecule has 0 aliphatic rings. The van der Waals surface area contributed by atoms with Gasteiger partial charge in [-0.1, -0.05) is 119 Å². The molecule has 0 unspecified atom stereocenters. The predicted octanol–water partition coefficient (Wildman–Crippen LogP) is 21.8. The van der Waals surface area contributed by atoms with Gasteiger partial charge in [-0.05, 0) is 232 Å². The number of nitriles is 1. The second-order valence-corrected chi connectivity index (χ2v) is 23.5. The monoisotopic (exact) mass is 1120 g/mol. The summed E-state index contributed by atoms with van der Waals surface area (Å²) in [4.78, 5) is 0. The molecule has 84 heavy (non-hydrogen) atoms. The van der Waals surface area contributed by atoms with Gasteiger partial charge in [0.1, 0.15) is 0 Å². The van der Waals surface area contributed by atoms with E-state index in [0.29, 0.717) is 22.1 Å². The molecule has 2 heterocycles. The van der Waals surface area contributed by atoms with E-state index in [1.807, 2.05) is 61.1 Å². The Bertz CT molecular complexity index is 4230. The molecular weight excluding hydrogens is 1060 g/mol. The molecule has 0 aliphatic carbocycles. The Balaban J connectivity index is 1.32. The van der Waals surface area contributed by atoms with Crippen LogP contribution in [0, 0.1) is 94.4 Å². The minimum atomic E-state index is -5.18. The van der Waals surface area contributed by atoms with Crippen molar-refractivity contribution in [3.05, 3.63) is 235 Å². The molecule has 12 aromatic rings. The number of halogens is 6. The number of nitrogens with zero attached hydrogens (tertiary/aromatic N) is 3. The van der Waals surface area contributed by atoms with Crippen molar-refractivity contribution in [1.29, 1.82) is 5.26 Å². The molecule has 0 radical (unpaired) electrons. The van der Waals surface area contributed by atoms with E-state index in [9.17, 15) is 5.26 Å². The molecule has 0 aliphatic heterocycles. The second kappa shape index (κ2) is 20.1. The van der Waals surface area contributed by atoms with E-state index in [2.05, 4.69) is 159 Å². The fourth-order valence-electron chi connectivity index (χ4n) is 14.1. The minimum Gasteiger partial charge on any atom is -0.308 e. The number of aryl methyl sites for hydroxylation is 12. The number of benzene rings is 10. The molecule has 0 fully saturated rings. The van der Waals surface area contributed by atoms with Crippen molar-refractivity contribution in [2.24, 2.45) is 0 Å². The molecule has 10 aromatic carbocycles. The van der Waals surface area contributed by atoms with Gasteiger partial charge in [-0.2, -0.15) is 31.6 Å². The van der Waals surface area contributed by atoms with Crippen LogP contribution in [0.3, 0.4) is 0 Å². The van der Waals surface area contributed by atoms with Crippen LogP contribution < -0.4 is 0 Å². The first-order chi connectivity index (χ1) is 39.8.